The van der Waals surface area contributed by atoms with E-state index in [1.165, 1.54) is 31.2 Å². The van der Waals surface area contributed by atoms with Crippen LogP contribution in [0.3, 0.4) is 0 Å². The van der Waals surface area contributed by atoms with Gasteiger partial charge in [0.05, 0.1) is 4.90 Å². The maximum Gasteiger partial charge on any atom is 0.322 e. The van der Waals surface area contributed by atoms with Gasteiger partial charge in [-0.3, -0.25) is 9.59 Å². The summed E-state index contributed by atoms with van der Waals surface area (Å²) in [5.74, 6) is -1.35. The molecule has 2 aromatic carbocycles. The number of Topliss-reactive ketones (excluding diaryl/α,β-unsaturated/α-hetero) is 1. The molecular weight excluding hydrogens is 342 g/mol. The number of nitrogens with zero attached hydrogens (tertiary/aromatic N) is 1. The van der Waals surface area contributed by atoms with Gasteiger partial charge in [-0.05, 0) is 30.2 Å². The van der Waals surface area contributed by atoms with Crippen LogP contribution in [-0.4, -0.2) is 35.6 Å². The van der Waals surface area contributed by atoms with Gasteiger partial charge in [0.2, 0.25) is 10.0 Å². The van der Waals surface area contributed by atoms with Crippen LogP contribution in [0.2, 0.25) is 0 Å². The van der Waals surface area contributed by atoms with Crippen molar-refractivity contribution < 1.29 is 23.1 Å². The molecule has 1 N–H and O–H groups in total. The molecule has 0 spiro atoms. The molecule has 1 heterocycles. The standard InChI is InChI=1S/C18H17NO5S/c1-12(20)13-6-8-16(9-7-13)25(23,24)19-11-15-5-3-2-4-14(15)10-17(19)18(21)22/h2-9,17H,10-11H2,1H3,(H,21,22)/t17-/m0/s1. The summed E-state index contributed by atoms with van der Waals surface area (Å²) in [4.78, 5) is 23.0. The van der Waals surface area contributed by atoms with E-state index < -0.39 is 22.0 Å². The summed E-state index contributed by atoms with van der Waals surface area (Å²) >= 11 is 0. The number of ketones is 1. The minimum atomic E-state index is -4.00. The summed E-state index contributed by atoms with van der Waals surface area (Å²) in [5.41, 5.74) is 2.04. The first kappa shape index (κ1) is 17.3. The molecule has 0 bridgehead atoms. The lowest BCUT2D eigenvalue weighted by molar-refractivity contribution is -0.141. The van der Waals surface area contributed by atoms with Gasteiger partial charge >= 0.3 is 5.97 Å². The van der Waals surface area contributed by atoms with Crippen molar-refractivity contribution in [3.8, 4) is 0 Å². The van der Waals surface area contributed by atoms with Gasteiger partial charge in [-0.15, -0.1) is 0 Å². The molecule has 2 aromatic rings. The summed E-state index contributed by atoms with van der Waals surface area (Å²) in [6, 6.07) is 11.6. The van der Waals surface area contributed by atoms with Crippen LogP contribution < -0.4 is 0 Å². The fourth-order valence-corrected chi connectivity index (χ4v) is 4.52. The second-order valence-electron chi connectivity index (χ2n) is 5.96. The molecule has 1 aliphatic heterocycles. The van der Waals surface area contributed by atoms with Crippen molar-refractivity contribution in [2.75, 3.05) is 0 Å². The van der Waals surface area contributed by atoms with Gasteiger partial charge < -0.3 is 5.11 Å². The predicted molar refractivity (Wildman–Crippen MR) is 90.7 cm³/mol. The molecule has 0 saturated heterocycles. The third-order valence-electron chi connectivity index (χ3n) is 4.36. The van der Waals surface area contributed by atoms with Crippen molar-refractivity contribution in [3.63, 3.8) is 0 Å². The Kier molecular flexibility index (Phi) is 4.45. The average Bonchev–Trinajstić information content (AvgIpc) is 2.60. The second kappa shape index (κ2) is 6.42. The van der Waals surface area contributed by atoms with Crippen molar-refractivity contribution >= 4 is 21.8 Å². The molecule has 3 rings (SSSR count). The third kappa shape index (κ3) is 3.20. The van der Waals surface area contributed by atoms with Gasteiger partial charge in [0.25, 0.3) is 0 Å². The highest BCUT2D eigenvalue weighted by Crippen LogP contribution is 2.29. The molecule has 25 heavy (non-hydrogen) atoms. The van der Waals surface area contributed by atoms with Crippen LogP contribution in [0.5, 0.6) is 0 Å². The van der Waals surface area contributed by atoms with Crippen LogP contribution >= 0.6 is 0 Å². The Bertz CT molecular complexity index is 934. The summed E-state index contributed by atoms with van der Waals surface area (Å²) in [7, 11) is -4.00. The lowest BCUT2D eigenvalue weighted by Crippen LogP contribution is -2.48. The molecule has 0 saturated carbocycles. The Labute approximate surface area is 145 Å². The van der Waals surface area contributed by atoms with Crippen LogP contribution in [0.4, 0.5) is 0 Å². The van der Waals surface area contributed by atoms with Gasteiger partial charge in [-0.2, -0.15) is 4.31 Å². The molecule has 7 heteroatoms. The predicted octanol–water partition coefficient (Wildman–Crippen LogP) is 2.09. The number of sulfonamides is 1. The molecule has 130 valence electrons. The number of hydrogen-bond acceptors (Lipinski definition) is 4. The molecule has 1 atom stereocenters. The number of benzene rings is 2. The zero-order valence-electron chi connectivity index (χ0n) is 13.5. The van der Waals surface area contributed by atoms with Gasteiger partial charge in [0.1, 0.15) is 6.04 Å². The minimum absolute atomic E-state index is 0.00390. The summed E-state index contributed by atoms with van der Waals surface area (Å²) in [6.07, 6.45) is 0.121. The number of carbonyl (C=O) groups is 2. The summed E-state index contributed by atoms with van der Waals surface area (Å²) in [5, 5.41) is 9.51. The number of rotatable bonds is 4. The zero-order valence-corrected chi connectivity index (χ0v) is 14.4. The molecule has 0 radical (unpaired) electrons. The number of hydrogen-bond donors (Lipinski definition) is 1. The largest absolute Gasteiger partial charge is 0.480 e. The van der Waals surface area contributed by atoms with Gasteiger partial charge in [-0.25, -0.2) is 8.42 Å². The normalized spacial score (nSPS) is 17.7. The Hall–Kier alpha value is -2.51. The van der Waals surface area contributed by atoms with Gasteiger partial charge in [-0.1, -0.05) is 36.4 Å². The van der Waals surface area contributed by atoms with E-state index in [1.54, 1.807) is 12.1 Å². The minimum Gasteiger partial charge on any atom is -0.480 e. The SMILES string of the molecule is CC(=O)c1ccc(S(=O)(=O)N2Cc3ccccc3C[C@H]2C(=O)O)cc1. The summed E-state index contributed by atoms with van der Waals surface area (Å²) in [6.45, 7) is 1.40. The fraction of sp³-hybridized carbons (Fsp3) is 0.222. The van der Waals surface area contributed by atoms with E-state index in [0.29, 0.717) is 5.56 Å². The quantitative estimate of drug-likeness (QED) is 0.844. The number of aliphatic carboxylic acids is 1. The van der Waals surface area contributed by atoms with E-state index in [-0.39, 0.29) is 23.6 Å². The van der Waals surface area contributed by atoms with Crippen molar-refractivity contribution in [3.05, 3.63) is 65.2 Å². The van der Waals surface area contributed by atoms with Crippen molar-refractivity contribution in [1.29, 1.82) is 0 Å². The van der Waals surface area contributed by atoms with Crippen molar-refractivity contribution in [2.45, 2.75) is 30.8 Å². The molecule has 0 aliphatic carbocycles. The molecular formula is C18H17NO5S. The first-order chi connectivity index (χ1) is 11.8. The number of carboxylic acid groups (broad SMARTS) is 1. The number of carbonyl (C=O) groups excluding carboxylic acids is 1. The zero-order chi connectivity index (χ0) is 18.2. The first-order valence-electron chi connectivity index (χ1n) is 7.73. The van der Waals surface area contributed by atoms with E-state index in [0.717, 1.165) is 15.4 Å². The van der Waals surface area contributed by atoms with E-state index in [9.17, 15) is 23.1 Å². The molecule has 1 aliphatic rings. The molecule has 0 fully saturated rings. The van der Waals surface area contributed by atoms with Gasteiger partial charge in [0, 0.05) is 18.5 Å². The topological polar surface area (TPSA) is 91.8 Å². The third-order valence-corrected chi connectivity index (χ3v) is 6.23. The molecule has 0 unspecified atom stereocenters. The monoisotopic (exact) mass is 359 g/mol. The fourth-order valence-electron chi connectivity index (χ4n) is 2.96. The van der Waals surface area contributed by atoms with E-state index in [4.69, 9.17) is 0 Å². The average molecular weight is 359 g/mol. The highest BCUT2D eigenvalue weighted by Gasteiger charge is 2.39. The Morgan fingerprint density at radius 2 is 1.64 bits per heavy atom. The maximum absolute atomic E-state index is 13.0. The molecule has 0 amide bonds. The first-order valence-corrected chi connectivity index (χ1v) is 9.17. The van der Waals surface area contributed by atoms with E-state index in [1.807, 2.05) is 12.1 Å². The van der Waals surface area contributed by atoms with Crippen LogP contribution in [0.1, 0.15) is 28.4 Å². The van der Waals surface area contributed by atoms with Crippen LogP contribution in [-0.2, 0) is 27.8 Å². The Morgan fingerprint density at radius 1 is 1.04 bits per heavy atom. The number of carboxylic acids is 1. The molecule has 6 nitrogen and oxygen atoms in total. The van der Waals surface area contributed by atoms with Crippen LogP contribution in [0, 0.1) is 0 Å². The van der Waals surface area contributed by atoms with Crippen LogP contribution in [0.25, 0.3) is 0 Å². The molecule has 0 aromatic heterocycles. The smallest absolute Gasteiger partial charge is 0.322 e. The summed E-state index contributed by atoms with van der Waals surface area (Å²) < 4.78 is 27.0. The van der Waals surface area contributed by atoms with Crippen LogP contribution in [0.15, 0.2) is 53.4 Å². The lowest BCUT2D eigenvalue weighted by Gasteiger charge is -2.33. The van der Waals surface area contributed by atoms with Crippen molar-refractivity contribution in [1.82, 2.24) is 4.31 Å². The number of fused-ring (bicyclic) bond motifs is 1. The highest BCUT2D eigenvalue weighted by atomic mass is 32.2. The van der Waals surface area contributed by atoms with E-state index in [2.05, 4.69) is 0 Å². The lowest BCUT2D eigenvalue weighted by atomic mass is 9.96. The highest BCUT2D eigenvalue weighted by molar-refractivity contribution is 7.89. The Morgan fingerprint density at radius 3 is 2.20 bits per heavy atom. The Balaban J connectivity index is 2.02. The maximum atomic E-state index is 13.0. The van der Waals surface area contributed by atoms with Gasteiger partial charge in [0.15, 0.2) is 5.78 Å². The van der Waals surface area contributed by atoms with Crippen molar-refractivity contribution in [2.24, 2.45) is 0 Å². The van der Waals surface area contributed by atoms with E-state index >= 15 is 0 Å². The second-order valence-corrected chi connectivity index (χ2v) is 7.85.